The van der Waals surface area contributed by atoms with Crippen LogP contribution in [0.1, 0.15) is 0 Å². The van der Waals surface area contributed by atoms with Crippen molar-refractivity contribution in [3.63, 3.8) is 0 Å². The number of hydrogen-bond donors (Lipinski definition) is 0. The highest BCUT2D eigenvalue weighted by atomic mass is 32.2. The normalized spacial score (nSPS) is 12.7. The van der Waals surface area contributed by atoms with E-state index < -0.39 is 0 Å². The maximum Gasteiger partial charge on any atom is 0.256 e. The Hall–Kier alpha value is -11.4. The first-order valence-corrected chi connectivity index (χ1v) is 32.4. The predicted octanol–water partition coefficient (Wildman–Crippen LogP) is 18.8. The lowest BCUT2D eigenvalue weighted by atomic mass is 9.31. The highest BCUT2D eigenvalue weighted by Gasteiger charge is 2.47. The summed E-state index contributed by atoms with van der Waals surface area (Å²) in [7, 11) is 0. The Morgan fingerprint density at radius 1 is 0.261 bits per heavy atom. The van der Waals surface area contributed by atoms with E-state index in [-0.39, 0.29) is 13.4 Å². The number of benzene rings is 14. The van der Waals surface area contributed by atoms with Gasteiger partial charge in [0, 0.05) is 78.3 Å². The number of para-hydroxylation sites is 6. The van der Waals surface area contributed by atoms with Crippen molar-refractivity contribution < 1.29 is 4.74 Å². The van der Waals surface area contributed by atoms with Gasteiger partial charge in [0.05, 0.1) is 11.4 Å². The van der Waals surface area contributed by atoms with Gasteiger partial charge in [-0.3, -0.25) is 0 Å². The third kappa shape index (κ3) is 8.97. The van der Waals surface area contributed by atoms with Gasteiger partial charge in [-0.05, 0) is 158 Å². The van der Waals surface area contributed by atoms with Crippen molar-refractivity contribution >= 4 is 126 Å². The molecule has 14 aromatic carbocycles. The molecule has 4 heterocycles. The van der Waals surface area contributed by atoms with Gasteiger partial charge < -0.3 is 24.3 Å². The summed E-state index contributed by atoms with van der Waals surface area (Å²) in [5.74, 6) is 1.71. The van der Waals surface area contributed by atoms with Crippen LogP contribution in [0.2, 0.25) is 0 Å². The van der Waals surface area contributed by atoms with E-state index in [1.54, 1.807) is 0 Å². The quantitative estimate of drug-likeness (QED) is 0.120. The highest BCUT2D eigenvalue weighted by molar-refractivity contribution is 8.00. The van der Waals surface area contributed by atoms with Gasteiger partial charge in [-0.15, -0.1) is 0 Å². The second kappa shape index (κ2) is 22.2. The molecule has 0 saturated carbocycles. The Bertz CT molecular complexity index is 5100. The first-order valence-electron chi connectivity index (χ1n) is 31.5. The molecule has 14 aromatic rings. The second-order valence-electron chi connectivity index (χ2n) is 23.9. The van der Waals surface area contributed by atoms with E-state index in [0.29, 0.717) is 0 Å². The summed E-state index contributed by atoms with van der Waals surface area (Å²) in [5.41, 5.74) is 27.4. The minimum absolute atomic E-state index is 0.111. The van der Waals surface area contributed by atoms with Crippen molar-refractivity contribution in [2.45, 2.75) is 9.79 Å². The fourth-order valence-electron chi connectivity index (χ4n) is 14.7. The van der Waals surface area contributed by atoms with Gasteiger partial charge in [-0.2, -0.15) is 0 Å². The Morgan fingerprint density at radius 3 is 1.46 bits per heavy atom. The summed E-state index contributed by atoms with van der Waals surface area (Å²) in [6.45, 7) is -0.275. The molecule has 5 nitrogen and oxygen atoms in total. The molecule has 0 unspecified atom stereocenters. The number of ether oxygens (including phenoxy) is 1. The molecule has 8 heteroatoms. The molecule has 0 spiro atoms. The van der Waals surface area contributed by atoms with Gasteiger partial charge in [0.1, 0.15) is 11.5 Å². The van der Waals surface area contributed by atoms with Crippen molar-refractivity contribution in [2.75, 3.05) is 19.6 Å². The third-order valence-corrected chi connectivity index (χ3v) is 19.8. The smallest absolute Gasteiger partial charge is 0.256 e. The van der Waals surface area contributed by atoms with E-state index in [0.717, 1.165) is 107 Å². The average molecular weight is 1190 g/mol. The topological polar surface area (TPSA) is 22.2 Å². The van der Waals surface area contributed by atoms with Gasteiger partial charge in [0.25, 0.3) is 6.71 Å². The molecule has 0 atom stereocenters. The van der Waals surface area contributed by atoms with Crippen molar-refractivity contribution in [1.82, 2.24) is 0 Å². The zero-order chi connectivity index (χ0) is 60.6. The highest BCUT2D eigenvalue weighted by Crippen LogP contribution is 2.51. The molecule has 4 aliphatic heterocycles. The predicted molar refractivity (Wildman–Crippen MR) is 388 cm³/mol. The lowest BCUT2D eigenvalue weighted by Crippen LogP contribution is -2.63. The van der Waals surface area contributed by atoms with Crippen LogP contribution in [0.3, 0.4) is 0 Å². The van der Waals surface area contributed by atoms with Crippen molar-refractivity contribution in [1.29, 1.82) is 0 Å². The van der Waals surface area contributed by atoms with Crippen LogP contribution in [0.4, 0.5) is 68.2 Å². The van der Waals surface area contributed by atoms with E-state index in [1.807, 2.05) is 11.8 Å². The van der Waals surface area contributed by atoms with Crippen LogP contribution >= 0.6 is 11.8 Å². The maximum absolute atomic E-state index is 7.31. The van der Waals surface area contributed by atoms with E-state index in [1.165, 1.54) is 48.3 Å². The third-order valence-electron chi connectivity index (χ3n) is 18.7. The fraction of sp³-hybridized carbons (Fsp3) is 0. The van der Waals surface area contributed by atoms with E-state index in [4.69, 9.17) is 4.74 Å². The zero-order valence-electron chi connectivity index (χ0n) is 50.1. The van der Waals surface area contributed by atoms with Gasteiger partial charge in [-0.25, -0.2) is 0 Å². The van der Waals surface area contributed by atoms with Crippen molar-refractivity contribution in [2.24, 2.45) is 0 Å². The van der Waals surface area contributed by atoms with Crippen LogP contribution in [0.15, 0.2) is 350 Å². The number of nitrogens with zero attached hydrogens (tertiary/aromatic N) is 4. The summed E-state index contributed by atoms with van der Waals surface area (Å²) < 4.78 is 7.31. The monoisotopic (exact) mass is 1190 g/mol. The number of anilines is 12. The zero-order valence-corrected chi connectivity index (χ0v) is 50.9. The summed E-state index contributed by atoms with van der Waals surface area (Å²) in [4.78, 5) is 12.3. The minimum atomic E-state index is -0.164. The molecule has 4 aliphatic rings. The van der Waals surface area contributed by atoms with Crippen LogP contribution in [-0.2, 0) is 0 Å². The number of rotatable bonds is 11. The Morgan fingerprint density at radius 2 is 0.761 bits per heavy atom. The van der Waals surface area contributed by atoms with Crippen molar-refractivity contribution in [3.8, 4) is 44.9 Å². The first kappa shape index (κ1) is 53.6. The van der Waals surface area contributed by atoms with Gasteiger partial charge in [0.15, 0.2) is 0 Å². The van der Waals surface area contributed by atoms with Crippen LogP contribution in [-0.4, -0.2) is 13.4 Å². The molecule has 0 bridgehead atoms. The molecule has 430 valence electrons. The molecular weight excluding hydrogens is 1130 g/mol. The minimum Gasteiger partial charge on any atom is -0.458 e. The number of fused-ring (bicyclic) bond motifs is 8. The molecule has 0 aromatic heterocycles. The van der Waals surface area contributed by atoms with Crippen LogP contribution in [0.25, 0.3) is 33.4 Å². The Balaban J connectivity index is 0.897. The fourth-order valence-corrected chi connectivity index (χ4v) is 15.9. The van der Waals surface area contributed by atoms with Gasteiger partial charge >= 0.3 is 0 Å². The molecule has 0 aliphatic carbocycles. The van der Waals surface area contributed by atoms with E-state index in [2.05, 4.69) is 359 Å². The average Bonchev–Trinajstić information content (AvgIpc) is 0.698. The Kier molecular flexibility index (Phi) is 13.0. The van der Waals surface area contributed by atoms with Crippen molar-refractivity contribution in [3.05, 3.63) is 340 Å². The molecule has 18 rings (SSSR count). The molecule has 0 saturated heterocycles. The lowest BCUT2D eigenvalue weighted by Gasteiger charge is -2.44. The molecule has 0 N–H and O–H groups in total. The second-order valence-corrected chi connectivity index (χ2v) is 25.0. The summed E-state index contributed by atoms with van der Waals surface area (Å²) >= 11 is 1.90. The molecule has 0 fully saturated rings. The largest absolute Gasteiger partial charge is 0.458 e. The standard InChI is InChI=1S/C84H56B2N4OS/c1-7-26-57(27-8-1)59-46-48-65(49-47-59)88(66-39-25-32-61(50-66)58-28-9-2-10-29-58)68-52-78-84-82(54-68)92-81-56-76-72(55-73(81)85(84)70-41-20-23-44-75(70)89(78)64-37-17-6-18-38-64)86-71-42-21-24-45-79(71)91-80-53-67(87(62-33-13-4-14-34-62)63-35-15-5-16-36-63)51-77(83(80)86)90(76)74-43-22-19-40-69(74)60-30-11-3-12-31-60/h1-56H. The first-order chi connectivity index (χ1) is 45.6. The van der Waals surface area contributed by atoms with Crippen LogP contribution in [0, 0.1) is 0 Å². The van der Waals surface area contributed by atoms with E-state index >= 15 is 0 Å². The van der Waals surface area contributed by atoms with E-state index in [9.17, 15) is 0 Å². The van der Waals surface area contributed by atoms with Gasteiger partial charge in [0.2, 0.25) is 6.71 Å². The summed E-state index contributed by atoms with van der Waals surface area (Å²) in [6, 6.07) is 124. The maximum atomic E-state index is 7.31. The summed E-state index contributed by atoms with van der Waals surface area (Å²) in [5, 5.41) is 0. The molecule has 0 radical (unpaired) electrons. The molecular formula is C84H56B2N4OS. The molecule has 0 amide bonds. The summed E-state index contributed by atoms with van der Waals surface area (Å²) in [6.07, 6.45) is 0. The molecule has 92 heavy (non-hydrogen) atoms. The van der Waals surface area contributed by atoms with Gasteiger partial charge in [-0.1, -0.05) is 248 Å². The van der Waals surface area contributed by atoms with Crippen LogP contribution in [0.5, 0.6) is 11.5 Å². The Labute approximate surface area is 541 Å². The number of hydrogen-bond acceptors (Lipinski definition) is 6. The SMILES string of the molecule is c1ccc(-c2ccc(N(c3cccc(-c4ccccc4)c3)c3cc4c5c(c3)N(c3ccccc3)c3ccccc3B5c3cc5c(cc3S4)N(c3ccccc3-c3ccccc3)c3cc(N(c4ccccc4)c4ccccc4)cc4c3B5c3ccccc3O4)cc2)cc1. The lowest BCUT2D eigenvalue weighted by molar-refractivity contribution is 0.487. The van der Waals surface area contributed by atoms with Crippen LogP contribution < -0.4 is 57.1 Å².